The minimum absolute atomic E-state index is 0.0684. The van der Waals surface area contributed by atoms with Crippen LogP contribution in [-0.4, -0.2) is 37.0 Å². The highest BCUT2D eigenvalue weighted by molar-refractivity contribution is 5.87. The van der Waals surface area contributed by atoms with Crippen LogP contribution in [0.1, 0.15) is 6.42 Å². The van der Waals surface area contributed by atoms with Crippen molar-refractivity contribution in [2.24, 2.45) is 5.92 Å². The van der Waals surface area contributed by atoms with Crippen molar-refractivity contribution in [2.75, 3.05) is 20.2 Å². The van der Waals surface area contributed by atoms with Crippen LogP contribution in [-0.2, 0) is 14.3 Å². The maximum absolute atomic E-state index is 11.0. The monoisotopic (exact) mass is 183 g/mol. The molecule has 0 saturated carbocycles. The van der Waals surface area contributed by atoms with E-state index in [2.05, 4.69) is 11.3 Å². The second-order valence-electron chi connectivity index (χ2n) is 3.09. The molecule has 1 saturated heterocycles. The molecule has 13 heavy (non-hydrogen) atoms. The summed E-state index contributed by atoms with van der Waals surface area (Å²) in [7, 11) is 1.37. The van der Waals surface area contributed by atoms with E-state index in [1.807, 2.05) is 0 Å². The topological polar surface area (TPSA) is 46.6 Å². The van der Waals surface area contributed by atoms with Gasteiger partial charge in [0.2, 0.25) is 5.91 Å². The molecule has 4 nitrogen and oxygen atoms in total. The molecule has 0 radical (unpaired) electrons. The standard InChI is InChI=1S/C9H13NO3/c1-3-8(11)10-5-7(6-10)4-9(12)13-2/h3,7H,1,4-6H2,2H3. The van der Waals surface area contributed by atoms with Gasteiger partial charge in [0.05, 0.1) is 13.5 Å². The maximum Gasteiger partial charge on any atom is 0.305 e. The predicted molar refractivity (Wildman–Crippen MR) is 46.9 cm³/mol. The van der Waals surface area contributed by atoms with Crippen LogP contribution in [0.5, 0.6) is 0 Å². The van der Waals surface area contributed by atoms with E-state index in [0.29, 0.717) is 19.5 Å². The Labute approximate surface area is 77.2 Å². The molecule has 1 aliphatic heterocycles. The number of amides is 1. The number of carbonyl (C=O) groups excluding carboxylic acids is 2. The Bertz CT molecular complexity index is 231. The fourth-order valence-corrected chi connectivity index (χ4v) is 1.33. The molecular weight excluding hydrogens is 170 g/mol. The smallest absolute Gasteiger partial charge is 0.305 e. The van der Waals surface area contributed by atoms with E-state index in [9.17, 15) is 9.59 Å². The van der Waals surface area contributed by atoms with Gasteiger partial charge >= 0.3 is 5.97 Å². The second kappa shape index (κ2) is 4.07. The number of hydrogen-bond acceptors (Lipinski definition) is 3. The third-order valence-corrected chi connectivity index (χ3v) is 2.13. The van der Waals surface area contributed by atoms with Gasteiger partial charge in [-0.15, -0.1) is 0 Å². The average Bonchev–Trinajstić information content (AvgIpc) is 2.08. The van der Waals surface area contributed by atoms with Crippen molar-refractivity contribution in [3.8, 4) is 0 Å². The van der Waals surface area contributed by atoms with Gasteiger partial charge in [0, 0.05) is 19.0 Å². The van der Waals surface area contributed by atoms with Crippen molar-refractivity contribution >= 4 is 11.9 Å². The zero-order valence-electron chi connectivity index (χ0n) is 7.66. The number of nitrogens with zero attached hydrogens (tertiary/aromatic N) is 1. The third-order valence-electron chi connectivity index (χ3n) is 2.13. The normalized spacial score (nSPS) is 16.2. The molecule has 1 amide bonds. The first-order valence-corrected chi connectivity index (χ1v) is 4.15. The molecule has 0 N–H and O–H groups in total. The lowest BCUT2D eigenvalue weighted by Crippen LogP contribution is -2.50. The molecule has 72 valence electrons. The molecule has 0 aromatic rings. The van der Waals surface area contributed by atoms with Crippen molar-refractivity contribution in [1.29, 1.82) is 0 Å². The van der Waals surface area contributed by atoms with Gasteiger partial charge in [-0.2, -0.15) is 0 Å². The van der Waals surface area contributed by atoms with E-state index in [1.54, 1.807) is 4.90 Å². The molecule has 0 aliphatic carbocycles. The summed E-state index contributed by atoms with van der Waals surface area (Å²) in [4.78, 5) is 23.5. The van der Waals surface area contributed by atoms with Gasteiger partial charge in [0.15, 0.2) is 0 Å². The van der Waals surface area contributed by atoms with E-state index >= 15 is 0 Å². The molecule has 4 heteroatoms. The first-order valence-electron chi connectivity index (χ1n) is 4.15. The van der Waals surface area contributed by atoms with Crippen LogP contribution in [0.4, 0.5) is 0 Å². The van der Waals surface area contributed by atoms with Crippen LogP contribution in [0.3, 0.4) is 0 Å². The molecule has 1 rings (SSSR count). The fraction of sp³-hybridized carbons (Fsp3) is 0.556. The first-order chi connectivity index (χ1) is 6.17. The quantitative estimate of drug-likeness (QED) is 0.463. The van der Waals surface area contributed by atoms with E-state index < -0.39 is 0 Å². The molecule has 1 heterocycles. The number of hydrogen-bond donors (Lipinski definition) is 0. The Hall–Kier alpha value is -1.32. The zero-order chi connectivity index (χ0) is 9.84. The number of rotatable bonds is 3. The summed E-state index contributed by atoms with van der Waals surface area (Å²) in [5.74, 6) is -0.0202. The lowest BCUT2D eigenvalue weighted by atomic mass is 9.96. The number of esters is 1. The SMILES string of the molecule is C=CC(=O)N1CC(CC(=O)OC)C1. The zero-order valence-corrected chi connectivity index (χ0v) is 7.66. The summed E-state index contributed by atoms with van der Waals surface area (Å²) in [5.41, 5.74) is 0. The second-order valence-corrected chi connectivity index (χ2v) is 3.09. The number of likely N-dealkylation sites (tertiary alicyclic amines) is 1. The summed E-state index contributed by atoms with van der Waals surface area (Å²) < 4.78 is 4.52. The average molecular weight is 183 g/mol. The van der Waals surface area contributed by atoms with Crippen molar-refractivity contribution in [3.63, 3.8) is 0 Å². The Morgan fingerprint density at radius 3 is 2.69 bits per heavy atom. The molecule has 0 aromatic heterocycles. The van der Waals surface area contributed by atoms with Crippen LogP contribution < -0.4 is 0 Å². The van der Waals surface area contributed by atoms with E-state index in [1.165, 1.54) is 13.2 Å². The Morgan fingerprint density at radius 2 is 2.23 bits per heavy atom. The largest absolute Gasteiger partial charge is 0.469 e. The highest BCUT2D eigenvalue weighted by Crippen LogP contribution is 2.19. The molecule has 0 atom stereocenters. The van der Waals surface area contributed by atoms with Gasteiger partial charge in [-0.05, 0) is 6.08 Å². The van der Waals surface area contributed by atoms with Crippen molar-refractivity contribution in [2.45, 2.75) is 6.42 Å². The lowest BCUT2D eigenvalue weighted by Gasteiger charge is -2.38. The Balaban J connectivity index is 2.22. The third kappa shape index (κ3) is 2.31. The summed E-state index contributed by atoms with van der Waals surface area (Å²) in [6.45, 7) is 4.66. The minimum atomic E-state index is -0.212. The van der Waals surface area contributed by atoms with Crippen molar-refractivity contribution in [1.82, 2.24) is 4.90 Å². The van der Waals surface area contributed by atoms with Gasteiger partial charge in [-0.25, -0.2) is 0 Å². The van der Waals surface area contributed by atoms with Crippen LogP contribution in [0, 0.1) is 5.92 Å². The van der Waals surface area contributed by atoms with Gasteiger partial charge < -0.3 is 9.64 Å². The van der Waals surface area contributed by atoms with E-state index in [0.717, 1.165) is 0 Å². The summed E-state index contributed by atoms with van der Waals surface area (Å²) in [5, 5.41) is 0. The van der Waals surface area contributed by atoms with Gasteiger partial charge in [0.25, 0.3) is 0 Å². The molecule has 0 aromatic carbocycles. The molecule has 0 bridgehead atoms. The highest BCUT2D eigenvalue weighted by Gasteiger charge is 2.30. The lowest BCUT2D eigenvalue weighted by molar-refractivity contribution is -0.145. The van der Waals surface area contributed by atoms with E-state index in [4.69, 9.17) is 0 Å². The summed E-state index contributed by atoms with van der Waals surface area (Å²) in [6.07, 6.45) is 1.69. The van der Waals surface area contributed by atoms with E-state index in [-0.39, 0.29) is 17.8 Å². The number of ether oxygens (including phenoxy) is 1. The molecular formula is C9H13NO3. The van der Waals surface area contributed by atoms with Gasteiger partial charge in [-0.1, -0.05) is 6.58 Å². The molecule has 0 spiro atoms. The van der Waals surface area contributed by atoms with Crippen LogP contribution >= 0.6 is 0 Å². The molecule has 1 fully saturated rings. The number of carbonyl (C=O) groups is 2. The fourth-order valence-electron chi connectivity index (χ4n) is 1.33. The van der Waals surface area contributed by atoms with Crippen molar-refractivity contribution in [3.05, 3.63) is 12.7 Å². The molecule has 1 aliphatic rings. The van der Waals surface area contributed by atoms with Crippen LogP contribution in [0.15, 0.2) is 12.7 Å². The Kier molecular flexibility index (Phi) is 3.06. The Morgan fingerprint density at radius 1 is 1.62 bits per heavy atom. The first kappa shape index (κ1) is 9.77. The van der Waals surface area contributed by atoms with Crippen LogP contribution in [0.25, 0.3) is 0 Å². The van der Waals surface area contributed by atoms with Crippen molar-refractivity contribution < 1.29 is 14.3 Å². The van der Waals surface area contributed by atoms with Gasteiger partial charge in [0.1, 0.15) is 0 Å². The predicted octanol–water partition coefficient (Wildman–Crippen LogP) is 0.194. The molecule has 0 unspecified atom stereocenters. The summed E-state index contributed by atoms with van der Waals surface area (Å²) >= 11 is 0. The maximum atomic E-state index is 11.0. The van der Waals surface area contributed by atoms with Crippen LogP contribution in [0.2, 0.25) is 0 Å². The van der Waals surface area contributed by atoms with Gasteiger partial charge in [-0.3, -0.25) is 9.59 Å². The highest BCUT2D eigenvalue weighted by atomic mass is 16.5. The summed E-state index contributed by atoms with van der Waals surface area (Å²) in [6, 6.07) is 0. The minimum Gasteiger partial charge on any atom is -0.469 e. The number of methoxy groups -OCH3 is 1.